The van der Waals surface area contributed by atoms with Gasteiger partial charge in [-0.25, -0.2) is 0 Å². The van der Waals surface area contributed by atoms with Crippen molar-refractivity contribution in [2.24, 2.45) is 0 Å². The van der Waals surface area contributed by atoms with Crippen LogP contribution in [0.1, 0.15) is 0 Å². The molecule has 0 fully saturated rings. The highest BCUT2D eigenvalue weighted by Gasteiger charge is 2.11. The van der Waals surface area contributed by atoms with Gasteiger partial charge < -0.3 is 0 Å². The van der Waals surface area contributed by atoms with Crippen molar-refractivity contribution >= 4 is 43.1 Å². The molecular weight excluding hydrogens is 408 g/mol. The van der Waals surface area contributed by atoms with Crippen LogP contribution in [0.4, 0.5) is 0 Å². The third-order valence-corrected chi connectivity index (χ3v) is 6.98. The van der Waals surface area contributed by atoms with Crippen LogP contribution in [0.5, 0.6) is 0 Å². The average molecular weight is 431 g/mol. The van der Waals surface area contributed by atoms with Crippen molar-refractivity contribution in [3.8, 4) is 22.3 Å². The summed E-state index contributed by atoms with van der Waals surface area (Å²) >= 11 is 0. The van der Waals surface area contributed by atoms with Crippen LogP contribution in [-0.2, 0) is 0 Å². The molecule has 0 aliphatic carbocycles. The van der Waals surface area contributed by atoms with Gasteiger partial charge in [0.1, 0.15) is 0 Å². The molecular formula is C34H22. The van der Waals surface area contributed by atoms with Gasteiger partial charge in [0.2, 0.25) is 0 Å². The van der Waals surface area contributed by atoms with Crippen molar-refractivity contribution in [2.75, 3.05) is 0 Å². The molecule has 0 heterocycles. The zero-order valence-electron chi connectivity index (χ0n) is 18.7. The number of benzene rings is 7. The summed E-state index contributed by atoms with van der Waals surface area (Å²) in [6, 6.07) is 48.7. The lowest BCUT2D eigenvalue weighted by atomic mass is 9.90. The molecule has 0 N–H and O–H groups in total. The van der Waals surface area contributed by atoms with E-state index in [2.05, 4.69) is 133 Å². The van der Waals surface area contributed by atoms with E-state index in [4.69, 9.17) is 0 Å². The molecule has 0 nitrogen and oxygen atoms in total. The highest BCUT2D eigenvalue weighted by molar-refractivity contribution is 6.13. The molecule has 0 heteroatoms. The summed E-state index contributed by atoms with van der Waals surface area (Å²) in [6.07, 6.45) is 0. The minimum Gasteiger partial charge on any atom is -0.0616 e. The number of hydrogen-bond acceptors (Lipinski definition) is 0. The molecule has 0 spiro atoms. The third kappa shape index (κ3) is 3.08. The van der Waals surface area contributed by atoms with Gasteiger partial charge in [-0.3, -0.25) is 0 Å². The first kappa shape index (κ1) is 19.1. The van der Waals surface area contributed by atoms with Gasteiger partial charge in [-0.05, 0) is 89.6 Å². The fourth-order valence-corrected chi connectivity index (χ4v) is 5.28. The maximum absolute atomic E-state index is 2.36. The van der Waals surface area contributed by atoms with Gasteiger partial charge in [-0.1, -0.05) is 109 Å². The Morgan fingerprint density at radius 3 is 1.35 bits per heavy atom. The molecule has 0 bridgehead atoms. The smallest absolute Gasteiger partial charge is 0.00266 e. The Balaban J connectivity index is 1.45. The summed E-state index contributed by atoms with van der Waals surface area (Å²) in [7, 11) is 0. The predicted molar refractivity (Wildman–Crippen MR) is 147 cm³/mol. The fourth-order valence-electron chi connectivity index (χ4n) is 5.28. The van der Waals surface area contributed by atoms with Gasteiger partial charge in [0.25, 0.3) is 0 Å². The second kappa shape index (κ2) is 7.57. The lowest BCUT2D eigenvalue weighted by molar-refractivity contribution is 1.66. The van der Waals surface area contributed by atoms with Crippen LogP contribution in [0, 0.1) is 0 Å². The SMILES string of the molecule is c1ccc2cc(-c3ccc4ccc(-c5c6ccccc6cc6ccccc56)cc4c3)ccc2c1. The van der Waals surface area contributed by atoms with E-state index >= 15 is 0 Å². The Bertz CT molecular complexity index is 1800. The van der Waals surface area contributed by atoms with Crippen molar-refractivity contribution in [2.45, 2.75) is 0 Å². The fraction of sp³-hybridized carbons (Fsp3) is 0. The van der Waals surface area contributed by atoms with Crippen LogP contribution < -0.4 is 0 Å². The molecule has 7 aromatic rings. The van der Waals surface area contributed by atoms with E-state index in [1.54, 1.807) is 0 Å². The van der Waals surface area contributed by atoms with Crippen molar-refractivity contribution in [1.82, 2.24) is 0 Å². The summed E-state index contributed by atoms with van der Waals surface area (Å²) in [4.78, 5) is 0. The van der Waals surface area contributed by atoms with Crippen LogP contribution in [0.25, 0.3) is 65.3 Å². The molecule has 0 atom stereocenters. The third-order valence-electron chi connectivity index (χ3n) is 6.98. The zero-order valence-corrected chi connectivity index (χ0v) is 18.7. The molecule has 0 aromatic heterocycles. The quantitative estimate of drug-likeness (QED) is 0.239. The lowest BCUT2D eigenvalue weighted by Gasteiger charge is -2.13. The van der Waals surface area contributed by atoms with E-state index in [0.29, 0.717) is 0 Å². The van der Waals surface area contributed by atoms with E-state index in [9.17, 15) is 0 Å². The van der Waals surface area contributed by atoms with Crippen molar-refractivity contribution in [3.63, 3.8) is 0 Å². The van der Waals surface area contributed by atoms with E-state index in [1.807, 2.05) is 0 Å². The molecule has 7 rings (SSSR count). The minimum absolute atomic E-state index is 1.25. The first-order valence-electron chi connectivity index (χ1n) is 11.8. The van der Waals surface area contributed by atoms with Crippen LogP contribution in [-0.4, -0.2) is 0 Å². The lowest BCUT2D eigenvalue weighted by Crippen LogP contribution is -1.86. The normalized spacial score (nSPS) is 11.5. The monoisotopic (exact) mass is 430 g/mol. The molecule has 0 radical (unpaired) electrons. The number of fused-ring (bicyclic) bond motifs is 4. The summed E-state index contributed by atoms with van der Waals surface area (Å²) in [6.45, 7) is 0. The van der Waals surface area contributed by atoms with Crippen molar-refractivity contribution < 1.29 is 0 Å². The van der Waals surface area contributed by atoms with Crippen molar-refractivity contribution in [3.05, 3.63) is 133 Å². The van der Waals surface area contributed by atoms with Gasteiger partial charge in [-0.15, -0.1) is 0 Å². The summed E-state index contributed by atoms with van der Waals surface area (Å²) in [5, 5.41) is 10.2. The average Bonchev–Trinajstić information content (AvgIpc) is 2.91. The van der Waals surface area contributed by atoms with Crippen LogP contribution in [0.3, 0.4) is 0 Å². The van der Waals surface area contributed by atoms with Gasteiger partial charge in [0.15, 0.2) is 0 Å². The maximum Gasteiger partial charge on any atom is -0.00266 e. The van der Waals surface area contributed by atoms with Gasteiger partial charge >= 0.3 is 0 Å². The van der Waals surface area contributed by atoms with Gasteiger partial charge in [0, 0.05) is 0 Å². The van der Waals surface area contributed by atoms with Gasteiger partial charge in [-0.2, -0.15) is 0 Å². The first-order valence-corrected chi connectivity index (χ1v) is 11.8. The molecule has 34 heavy (non-hydrogen) atoms. The molecule has 0 aliphatic heterocycles. The molecule has 0 unspecified atom stereocenters. The number of rotatable bonds is 2. The van der Waals surface area contributed by atoms with Crippen LogP contribution >= 0.6 is 0 Å². The summed E-state index contributed by atoms with van der Waals surface area (Å²) in [5.74, 6) is 0. The molecule has 0 amide bonds. The van der Waals surface area contributed by atoms with Crippen LogP contribution in [0.2, 0.25) is 0 Å². The molecule has 0 aliphatic rings. The standard InChI is InChI=1S/C34H22/c1-2-8-25-19-26(16-13-23(25)7-1)27-17-14-24-15-18-30(22-31(24)20-27)34-32-11-5-3-9-28(32)21-29-10-4-6-12-33(29)34/h1-22H. The Labute approximate surface area is 198 Å². The van der Waals surface area contributed by atoms with E-state index in [0.717, 1.165) is 0 Å². The largest absolute Gasteiger partial charge is 0.0616 e. The maximum atomic E-state index is 2.36. The Morgan fingerprint density at radius 2 is 0.706 bits per heavy atom. The van der Waals surface area contributed by atoms with Gasteiger partial charge in [0.05, 0.1) is 0 Å². The summed E-state index contributed by atoms with van der Waals surface area (Å²) in [5.41, 5.74) is 5.07. The minimum atomic E-state index is 1.25. The summed E-state index contributed by atoms with van der Waals surface area (Å²) < 4.78 is 0. The highest BCUT2D eigenvalue weighted by atomic mass is 14.1. The molecule has 7 aromatic carbocycles. The number of hydrogen-bond donors (Lipinski definition) is 0. The second-order valence-corrected chi connectivity index (χ2v) is 9.03. The molecule has 0 saturated heterocycles. The van der Waals surface area contributed by atoms with E-state index < -0.39 is 0 Å². The zero-order chi connectivity index (χ0) is 22.5. The predicted octanol–water partition coefficient (Wildman–Crippen LogP) is 9.63. The highest BCUT2D eigenvalue weighted by Crippen LogP contribution is 2.38. The molecule has 0 saturated carbocycles. The van der Waals surface area contributed by atoms with E-state index in [-0.39, 0.29) is 0 Å². The second-order valence-electron chi connectivity index (χ2n) is 9.03. The molecule has 158 valence electrons. The Hall–Kier alpha value is -4.42. The van der Waals surface area contributed by atoms with Crippen LogP contribution in [0.15, 0.2) is 133 Å². The topological polar surface area (TPSA) is 0 Å². The first-order chi connectivity index (χ1) is 16.8. The van der Waals surface area contributed by atoms with E-state index in [1.165, 1.54) is 65.3 Å². The van der Waals surface area contributed by atoms with Crippen molar-refractivity contribution in [1.29, 1.82) is 0 Å². The Kier molecular flexibility index (Phi) is 4.25. The Morgan fingerprint density at radius 1 is 0.265 bits per heavy atom.